The van der Waals surface area contributed by atoms with Crippen molar-refractivity contribution in [2.45, 2.75) is 31.4 Å². The van der Waals surface area contributed by atoms with E-state index in [0.29, 0.717) is 5.56 Å². The van der Waals surface area contributed by atoms with Gasteiger partial charge in [0.2, 0.25) is 0 Å². The zero-order valence-electron chi connectivity index (χ0n) is 15.1. The summed E-state index contributed by atoms with van der Waals surface area (Å²) in [5.41, 5.74) is 2.37. The number of hydrogen-bond donors (Lipinski definition) is 1. The molecule has 2 aromatic carbocycles. The van der Waals surface area contributed by atoms with Crippen LogP contribution >= 0.6 is 0 Å². The third kappa shape index (κ3) is 3.53. The Morgan fingerprint density at radius 1 is 0.885 bits per heavy atom. The fraction of sp³-hybridized carbons (Fsp3) is 0.409. The van der Waals surface area contributed by atoms with Crippen LogP contribution < -0.4 is 0 Å². The van der Waals surface area contributed by atoms with E-state index in [9.17, 15) is 9.90 Å². The van der Waals surface area contributed by atoms with E-state index in [2.05, 4.69) is 4.90 Å². The first-order valence-corrected chi connectivity index (χ1v) is 9.58. The molecule has 1 unspecified atom stereocenters. The Labute approximate surface area is 155 Å². The lowest BCUT2D eigenvalue weighted by molar-refractivity contribution is 0.0455. The highest BCUT2D eigenvalue weighted by Gasteiger charge is 2.29. The molecule has 26 heavy (non-hydrogen) atoms. The number of rotatable bonds is 4. The van der Waals surface area contributed by atoms with Crippen molar-refractivity contribution in [1.82, 2.24) is 9.80 Å². The highest BCUT2D eigenvalue weighted by atomic mass is 16.3. The van der Waals surface area contributed by atoms with Gasteiger partial charge in [0.05, 0.1) is 0 Å². The smallest absolute Gasteiger partial charge is 0.253 e. The van der Waals surface area contributed by atoms with Crippen molar-refractivity contribution in [1.29, 1.82) is 0 Å². The van der Waals surface area contributed by atoms with Crippen LogP contribution in [0.25, 0.3) is 0 Å². The zero-order valence-corrected chi connectivity index (χ0v) is 15.1. The molecule has 136 valence electrons. The van der Waals surface area contributed by atoms with Gasteiger partial charge < -0.3 is 10.0 Å². The van der Waals surface area contributed by atoms with Crippen molar-refractivity contribution in [3.8, 4) is 0 Å². The van der Waals surface area contributed by atoms with E-state index < -0.39 is 6.10 Å². The Morgan fingerprint density at radius 2 is 1.50 bits per heavy atom. The molecule has 2 aliphatic rings. The van der Waals surface area contributed by atoms with Crippen LogP contribution in [-0.4, -0.2) is 53.0 Å². The van der Waals surface area contributed by atoms with Crippen LogP contribution in [-0.2, 0) is 0 Å². The van der Waals surface area contributed by atoms with E-state index in [1.807, 2.05) is 59.5 Å². The largest absolute Gasteiger partial charge is 0.384 e. The van der Waals surface area contributed by atoms with Crippen LogP contribution in [0.2, 0.25) is 0 Å². The summed E-state index contributed by atoms with van der Waals surface area (Å²) in [6.45, 7) is 3.59. The molecule has 0 radical (unpaired) electrons. The summed E-state index contributed by atoms with van der Waals surface area (Å²) in [4.78, 5) is 17.2. The monoisotopic (exact) mass is 350 g/mol. The second kappa shape index (κ2) is 7.60. The third-order valence-corrected chi connectivity index (χ3v) is 5.78. The number of nitrogens with zero attached hydrogens (tertiary/aromatic N) is 2. The Hall–Kier alpha value is -2.17. The van der Waals surface area contributed by atoms with E-state index in [4.69, 9.17) is 0 Å². The van der Waals surface area contributed by atoms with Gasteiger partial charge in [-0.3, -0.25) is 9.69 Å². The van der Waals surface area contributed by atoms with Crippen LogP contribution in [0.5, 0.6) is 0 Å². The van der Waals surface area contributed by atoms with Gasteiger partial charge in [0, 0.05) is 37.8 Å². The fourth-order valence-electron chi connectivity index (χ4n) is 3.86. The number of aliphatic hydroxyl groups excluding tert-OH is 1. The predicted octanol–water partition coefficient (Wildman–Crippen LogP) is 3.08. The predicted molar refractivity (Wildman–Crippen MR) is 102 cm³/mol. The summed E-state index contributed by atoms with van der Waals surface area (Å²) in [5.74, 6) is 0.0963. The first-order chi connectivity index (χ1) is 12.7. The first-order valence-electron chi connectivity index (χ1n) is 9.58. The SMILES string of the molecule is O=C(c1ccc(C(O)c2ccccc2)cc1)N1CCN(C2CCC2)CC1. The van der Waals surface area contributed by atoms with Crippen molar-refractivity contribution < 1.29 is 9.90 Å². The molecule has 2 fully saturated rings. The number of benzene rings is 2. The van der Waals surface area contributed by atoms with Gasteiger partial charge in [0.15, 0.2) is 0 Å². The van der Waals surface area contributed by atoms with Crippen molar-refractivity contribution in [2.75, 3.05) is 26.2 Å². The van der Waals surface area contributed by atoms with Crippen LogP contribution in [0.4, 0.5) is 0 Å². The van der Waals surface area contributed by atoms with E-state index in [1.54, 1.807) is 0 Å². The fourth-order valence-corrected chi connectivity index (χ4v) is 3.86. The molecule has 0 spiro atoms. The molecule has 2 aromatic rings. The molecule has 1 N–H and O–H groups in total. The molecule has 4 rings (SSSR count). The maximum absolute atomic E-state index is 12.8. The minimum Gasteiger partial charge on any atom is -0.384 e. The molecule has 1 saturated carbocycles. The summed E-state index contributed by atoms with van der Waals surface area (Å²) in [7, 11) is 0. The summed E-state index contributed by atoms with van der Waals surface area (Å²) in [6.07, 6.45) is 3.33. The van der Waals surface area contributed by atoms with E-state index in [0.717, 1.165) is 43.3 Å². The van der Waals surface area contributed by atoms with Crippen molar-refractivity contribution in [3.63, 3.8) is 0 Å². The Balaban J connectivity index is 1.38. The molecule has 0 aromatic heterocycles. The van der Waals surface area contributed by atoms with E-state index >= 15 is 0 Å². The summed E-state index contributed by atoms with van der Waals surface area (Å²) >= 11 is 0. The lowest BCUT2D eigenvalue weighted by Crippen LogP contribution is -2.53. The van der Waals surface area contributed by atoms with Gasteiger partial charge >= 0.3 is 0 Å². The summed E-state index contributed by atoms with van der Waals surface area (Å²) < 4.78 is 0. The number of piperazine rings is 1. The van der Waals surface area contributed by atoms with Crippen LogP contribution in [0.15, 0.2) is 54.6 Å². The lowest BCUT2D eigenvalue weighted by atomic mass is 9.91. The highest BCUT2D eigenvalue weighted by Crippen LogP contribution is 2.26. The minimum absolute atomic E-state index is 0.0963. The maximum Gasteiger partial charge on any atom is 0.253 e. The topological polar surface area (TPSA) is 43.8 Å². The Morgan fingerprint density at radius 3 is 2.08 bits per heavy atom. The quantitative estimate of drug-likeness (QED) is 0.922. The van der Waals surface area contributed by atoms with Crippen LogP contribution in [0, 0.1) is 0 Å². The number of hydrogen-bond acceptors (Lipinski definition) is 3. The molecule has 1 aliphatic carbocycles. The average Bonchev–Trinajstić information content (AvgIpc) is 2.67. The van der Waals surface area contributed by atoms with Crippen LogP contribution in [0.3, 0.4) is 0 Å². The zero-order chi connectivity index (χ0) is 17.9. The number of carbonyl (C=O) groups excluding carboxylic acids is 1. The molecular weight excluding hydrogens is 324 g/mol. The normalized spacial score (nSPS) is 19.8. The second-order valence-electron chi connectivity index (χ2n) is 7.35. The lowest BCUT2D eigenvalue weighted by Gasteiger charge is -2.42. The van der Waals surface area contributed by atoms with Crippen molar-refractivity contribution >= 4 is 5.91 Å². The molecule has 0 bridgehead atoms. The van der Waals surface area contributed by atoms with Gasteiger partial charge in [0.1, 0.15) is 6.10 Å². The minimum atomic E-state index is -0.661. The number of aliphatic hydroxyl groups is 1. The molecular formula is C22H26N2O2. The first kappa shape index (κ1) is 17.3. The second-order valence-corrected chi connectivity index (χ2v) is 7.35. The molecule has 1 amide bonds. The van der Waals surface area contributed by atoms with Gasteiger partial charge in [-0.15, -0.1) is 0 Å². The Bertz CT molecular complexity index is 732. The molecule has 4 heteroatoms. The summed E-state index contributed by atoms with van der Waals surface area (Å²) in [5, 5.41) is 10.5. The maximum atomic E-state index is 12.8. The van der Waals surface area contributed by atoms with E-state index in [-0.39, 0.29) is 5.91 Å². The Kier molecular flexibility index (Phi) is 5.05. The molecule has 1 saturated heterocycles. The molecule has 1 aliphatic heterocycles. The molecule has 1 atom stereocenters. The van der Waals surface area contributed by atoms with Gasteiger partial charge in [-0.1, -0.05) is 48.9 Å². The third-order valence-electron chi connectivity index (χ3n) is 5.78. The highest BCUT2D eigenvalue weighted by molar-refractivity contribution is 5.94. The van der Waals surface area contributed by atoms with Crippen molar-refractivity contribution in [2.24, 2.45) is 0 Å². The van der Waals surface area contributed by atoms with E-state index in [1.165, 1.54) is 19.3 Å². The van der Waals surface area contributed by atoms with Crippen LogP contribution in [0.1, 0.15) is 46.9 Å². The van der Waals surface area contributed by atoms with Gasteiger partial charge in [-0.25, -0.2) is 0 Å². The average molecular weight is 350 g/mol. The van der Waals surface area contributed by atoms with Gasteiger partial charge in [-0.05, 0) is 36.1 Å². The number of carbonyl (C=O) groups is 1. The van der Waals surface area contributed by atoms with Crippen molar-refractivity contribution in [3.05, 3.63) is 71.3 Å². The molecule has 1 heterocycles. The standard InChI is InChI=1S/C22H26N2O2/c25-21(17-5-2-1-3-6-17)18-9-11-19(12-10-18)22(26)24-15-13-23(14-16-24)20-7-4-8-20/h1-3,5-6,9-12,20-21,25H,4,7-8,13-16H2. The molecule has 4 nitrogen and oxygen atoms in total. The number of amides is 1. The van der Waals surface area contributed by atoms with Gasteiger partial charge in [-0.2, -0.15) is 0 Å². The summed E-state index contributed by atoms with van der Waals surface area (Å²) in [6, 6.07) is 17.7. The van der Waals surface area contributed by atoms with Gasteiger partial charge in [0.25, 0.3) is 5.91 Å².